The average molecular weight is 361 g/mol. The molecule has 0 saturated heterocycles. The smallest absolute Gasteiger partial charge is 0.337 e. The zero-order valence-electron chi connectivity index (χ0n) is 14.1. The van der Waals surface area contributed by atoms with E-state index in [4.69, 9.17) is 9.84 Å². The molecule has 25 heavy (non-hydrogen) atoms. The van der Waals surface area contributed by atoms with Gasteiger partial charge in [-0.05, 0) is 43.2 Å². The van der Waals surface area contributed by atoms with Gasteiger partial charge in [-0.25, -0.2) is 13.2 Å². The average Bonchev–Trinajstić information content (AvgIpc) is 2.56. The van der Waals surface area contributed by atoms with E-state index in [1.165, 1.54) is 31.4 Å². The molecule has 0 aliphatic rings. The highest BCUT2D eigenvalue weighted by molar-refractivity contribution is 7.95. The van der Waals surface area contributed by atoms with Gasteiger partial charge >= 0.3 is 5.97 Å². The lowest BCUT2D eigenvalue weighted by Crippen LogP contribution is -2.12. The van der Waals surface area contributed by atoms with Crippen LogP contribution in [-0.4, -0.2) is 26.6 Å². The van der Waals surface area contributed by atoms with Crippen LogP contribution in [0.4, 0.5) is 5.69 Å². The first-order valence-corrected chi connectivity index (χ1v) is 8.97. The van der Waals surface area contributed by atoms with E-state index in [0.29, 0.717) is 11.3 Å². The number of carboxylic acids is 1. The molecular formula is C18H19NO5S. The van der Waals surface area contributed by atoms with Gasteiger partial charge in [0.05, 0.1) is 23.8 Å². The van der Waals surface area contributed by atoms with Crippen LogP contribution in [0.5, 0.6) is 5.75 Å². The number of aryl methyl sites for hydroxylation is 1. The fourth-order valence-corrected chi connectivity index (χ4v) is 3.20. The van der Waals surface area contributed by atoms with Crippen molar-refractivity contribution in [1.29, 1.82) is 0 Å². The number of carbonyl (C=O) groups is 1. The largest absolute Gasteiger partial charge is 0.496 e. The molecule has 6 nitrogen and oxygen atoms in total. The molecule has 0 saturated carbocycles. The van der Waals surface area contributed by atoms with Crippen molar-refractivity contribution >= 4 is 27.8 Å². The van der Waals surface area contributed by atoms with Crippen LogP contribution in [0.1, 0.15) is 27.0 Å². The zero-order chi connectivity index (χ0) is 18.6. The number of para-hydroxylation sites is 1. The lowest BCUT2D eigenvalue weighted by atomic mass is 10.0. The van der Waals surface area contributed by atoms with Gasteiger partial charge in [-0.15, -0.1) is 0 Å². The molecule has 0 bridgehead atoms. The van der Waals surface area contributed by atoms with E-state index >= 15 is 0 Å². The predicted octanol–water partition coefficient (Wildman–Crippen LogP) is 3.42. The number of carboxylic acid groups (broad SMARTS) is 1. The Kier molecular flexibility index (Phi) is 5.48. The first kappa shape index (κ1) is 18.5. The maximum atomic E-state index is 12.3. The number of nitrogens with one attached hydrogen (secondary N) is 1. The summed E-state index contributed by atoms with van der Waals surface area (Å²) < 4.78 is 32.1. The molecular weight excluding hydrogens is 342 g/mol. The van der Waals surface area contributed by atoms with Crippen molar-refractivity contribution in [2.75, 3.05) is 11.8 Å². The predicted molar refractivity (Wildman–Crippen MR) is 97.4 cm³/mol. The third-order valence-electron chi connectivity index (χ3n) is 3.75. The Labute approximate surface area is 146 Å². The van der Waals surface area contributed by atoms with Crippen LogP contribution in [-0.2, 0) is 10.0 Å². The number of methoxy groups -OCH3 is 1. The normalized spacial score (nSPS) is 11.5. The van der Waals surface area contributed by atoms with Crippen molar-refractivity contribution in [2.24, 2.45) is 0 Å². The van der Waals surface area contributed by atoms with Crippen molar-refractivity contribution in [3.05, 3.63) is 64.1 Å². The number of ether oxygens (including phenoxy) is 1. The summed E-state index contributed by atoms with van der Waals surface area (Å²) in [7, 11) is -2.36. The lowest BCUT2D eigenvalue weighted by molar-refractivity contribution is 0.0698. The minimum absolute atomic E-state index is 0.00621. The molecule has 0 unspecified atom stereocenters. The maximum absolute atomic E-state index is 12.3. The summed E-state index contributed by atoms with van der Waals surface area (Å²) in [5.74, 6) is -0.615. The van der Waals surface area contributed by atoms with Crippen molar-refractivity contribution < 1.29 is 23.1 Å². The van der Waals surface area contributed by atoms with Gasteiger partial charge in [0.1, 0.15) is 5.75 Å². The van der Waals surface area contributed by atoms with Gasteiger partial charge in [-0.3, -0.25) is 4.72 Å². The zero-order valence-corrected chi connectivity index (χ0v) is 14.9. The third kappa shape index (κ3) is 4.39. The second-order valence-electron chi connectivity index (χ2n) is 5.43. The van der Waals surface area contributed by atoms with Crippen molar-refractivity contribution in [1.82, 2.24) is 0 Å². The summed E-state index contributed by atoms with van der Waals surface area (Å²) in [6, 6.07) is 9.44. The van der Waals surface area contributed by atoms with Gasteiger partial charge in [0.2, 0.25) is 0 Å². The summed E-state index contributed by atoms with van der Waals surface area (Å²) >= 11 is 0. The second-order valence-corrected chi connectivity index (χ2v) is 7.00. The van der Waals surface area contributed by atoms with Gasteiger partial charge in [0.15, 0.2) is 0 Å². The standard InChI is InChI=1S/C18H19NO5S/c1-12-8-9-14(17(24-3)13(12)2)10-11-25(22,23)19-16-7-5-4-6-15(16)18(20)21/h4-11,19H,1-3H3,(H,20,21)/b11-10+. The first-order chi connectivity index (χ1) is 11.7. The summed E-state index contributed by atoms with van der Waals surface area (Å²) in [5.41, 5.74) is 2.45. The maximum Gasteiger partial charge on any atom is 0.337 e. The summed E-state index contributed by atoms with van der Waals surface area (Å²) in [4.78, 5) is 11.2. The van der Waals surface area contributed by atoms with Crippen LogP contribution in [0.3, 0.4) is 0 Å². The summed E-state index contributed by atoms with van der Waals surface area (Å²) in [5, 5.41) is 10.1. The molecule has 2 aromatic rings. The van der Waals surface area contributed by atoms with Crippen LogP contribution in [0.2, 0.25) is 0 Å². The molecule has 0 heterocycles. The molecule has 0 amide bonds. The van der Waals surface area contributed by atoms with E-state index in [1.54, 1.807) is 12.1 Å². The van der Waals surface area contributed by atoms with Crippen LogP contribution < -0.4 is 9.46 Å². The van der Waals surface area contributed by atoms with Gasteiger partial charge in [-0.1, -0.05) is 24.3 Å². The van der Waals surface area contributed by atoms with E-state index in [2.05, 4.69) is 4.72 Å². The third-order valence-corrected chi connectivity index (χ3v) is 4.75. The minimum Gasteiger partial charge on any atom is -0.496 e. The fourth-order valence-electron chi connectivity index (χ4n) is 2.32. The Balaban J connectivity index is 2.33. The molecule has 0 aliphatic heterocycles. The fraction of sp³-hybridized carbons (Fsp3) is 0.167. The van der Waals surface area contributed by atoms with E-state index in [0.717, 1.165) is 16.5 Å². The Morgan fingerprint density at radius 2 is 1.84 bits per heavy atom. The molecule has 0 aromatic heterocycles. The highest BCUT2D eigenvalue weighted by atomic mass is 32.2. The first-order valence-electron chi connectivity index (χ1n) is 7.42. The van der Waals surface area contributed by atoms with Crippen molar-refractivity contribution in [2.45, 2.75) is 13.8 Å². The highest BCUT2D eigenvalue weighted by Gasteiger charge is 2.14. The van der Waals surface area contributed by atoms with Gasteiger partial charge in [0, 0.05) is 5.56 Å². The molecule has 0 fully saturated rings. The van der Waals surface area contributed by atoms with E-state index in [-0.39, 0.29) is 11.3 Å². The van der Waals surface area contributed by atoms with Gasteiger partial charge in [0.25, 0.3) is 10.0 Å². The number of hydrogen-bond acceptors (Lipinski definition) is 4. The lowest BCUT2D eigenvalue weighted by Gasteiger charge is -2.11. The van der Waals surface area contributed by atoms with E-state index in [1.807, 2.05) is 19.9 Å². The Morgan fingerprint density at radius 1 is 1.16 bits per heavy atom. The molecule has 2 aromatic carbocycles. The molecule has 0 radical (unpaired) electrons. The van der Waals surface area contributed by atoms with Gasteiger partial charge < -0.3 is 9.84 Å². The number of hydrogen-bond donors (Lipinski definition) is 2. The molecule has 0 aliphatic carbocycles. The highest BCUT2D eigenvalue weighted by Crippen LogP contribution is 2.27. The monoisotopic (exact) mass is 361 g/mol. The summed E-state index contributed by atoms with van der Waals surface area (Å²) in [6.07, 6.45) is 1.41. The van der Waals surface area contributed by atoms with Crippen LogP contribution in [0.25, 0.3) is 6.08 Å². The molecule has 132 valence electrons. The number of aromatic carboxylic acids is 1. The van der Waals surface area contributed by atoms with E-state index < -0.39 is 16.0 Å². The van der Waals surface area contributed by atoms with Crippen LogP contribution in [0.15, 0.2) is 41.8 Å². The molecule has 0 atom stereocenters. The molecule has 2 N–H and O–H groups in total. The van der Waals surface area contributed by atoms with Crippen molar-refractivity contribution in [3.63, 3.8) is 0 Å². The second kappa shape index (κ2) is 7.40. The Hall–Kier alpha value is -2.80. The van der Waals surface area contributed by atoms with Gasteiger partial charge in [-0.2, -0.15) is 0 Å². The number of benzene rings is 2. The molecule has 2 rings (SSSR count). The Morgan fingerprint density at radius 3 is 2.48 bits per heavy atom. The molecule has 0 spiro atoms. The Bertz CT molecular complexity index is 932. The summed E-state index contributed by atoms with van der Waals surface area (Å²) in [6.45, 7) is 3.83. The van der Waals surface area contributed by atoms with Crippen molar-refractivity contribution in [3.8, 4) is 5.75 Å². The number of sulfonamides is 1. The molecule has 7 heteroatoms. The minimum atomic E-state index is -3.89. The SMILES string of the molecule is COc1c(/C=C/S(=O)(=O)Nc2ccccc2C(=O)O)ccc(C)c1C. The van der Waals surface area contributed by atoms with Crippen LogP contribution in [0, 0.1) is 13.8 Å². The number of anilines is 1. The quantitative estimate of drug-likeness (QED) is 0.822. The van der Waals surface area contributed by atoms with Crippen LogP contribution >= 0.6 is 0 Å². The van der Waals surface area contributed by atoms with E-state index in [9.17, 15) is 13.2 Å². The number of rotatable bonds is 6. The topological polar surface area (TPSA) is 92.7 Å².